The number of non-ortho nitro benzene ring substituents is 1. The fraction of sp³-hybridized carbons (Fsp3) is 0.0909. The van der Waals surface area contributed by atoms with Crippen molar-refractivity contribution in [2.45, 2.75) is 0 Å². The highest BCUT2D eigenvalue weighted by atomic mass is 32.1. The molecule has 0 aliphatic rings. The SMILES string of the molecule is C=CCNC(=S)NC(=O)c1cccc([N+](=O)[O-])c1. The maximum atomic E-state index is 11.7. The number of nitrogens with zero attached hydrogens (tertiary/aromatic N) is 1. The number of carbonyl (C=O) groups excluding carboxylic acids is 1. The monoisotopic (exact) mass is 265 g/mol. The van der Waals surface area contributed by atoms with Crippen LogP contribution in [-0.4, -0.2) is 22.5 Å². The predicted molar refractivity (Wildman–Crippen MR) is 71.4 cm³/mol. The highest BCUT2D eigenvalue weighted by Gasteiger charge is 2.12. The second kappa shape index (κ2) is 6.45. The van der Waals surface area contributed by atoms with E-state index >= 15 is 0 Å². The summed E-state index contributed by atoms with van der Waals surface area (Å²) in [6.45, 7) is 3.92. The lowest BCUT2D eigenvalue weighted by atomic mass is 10.2. The van der Waals surface area contributed by atoms with Gasteiger partial charge >= 0.3 is 0 Å². The van der Waals surface area contributed by atoms with Crippen LogP contribution in [0.3, 0.4) is 0 Å². The molecule has 18 heavy (non-hydrogen) atoms. The van der Waals surface area contributed by atoms with E-state index in [0.29, 0.717) is 6.54 Å². The van der Waals surface area contributed by atoms with E-state index in [9.17, 15) is 14.9 Å². The summed E-state index contributed by atoms with van der Waals surface area (Å²) in [6.07, 6.45) is 1.59. The van der Waals surface area contributed by atoms with E-state index in [-0.39, 0.29) is 16.4 Å². The number of nitro groups is 1. The Morgan fingerprint density at radius 1 is 1.56 bits per heavy atom. The minimum atomic E-state index is -0.564. The average Bonchev–Trinajstić information content (AvgIpc) is 2.36. The standard InChI is InChI=1S/C11H11N3O3S/c1-2-6-12-11(18)13-10(15)8-4-3-5-9(7-8)14(16)17/h2-5,7H,1,6H2,(H2,12,13,15,18). The van der Waals surface area contributed by atoms with Gasteiger partial charge in [0.1, 0.15) is 0 Å². The van der Waals surface area contributed by atoms with E-state index in [0.717, 1.165) is 0 Å². The fourth-order valence-corrected chi connectivity index (χ4v) is 1.32. The summed E-state index contributed by atoms with van der Waals surface area (Å²) in [5, 5.41) is 15.8. The number of nitro benzene ring substituents is 1. The van der Waals surface area contributed by atoms with Gasteiger partial charge in [0.2, 0.25) is 0 Å². The van der Waals surface area contributed by atoms with Gasteiger partial charge in [-0.15, -0.1) is 6.58 Å². The predicted octanol–water partition coefficient (Wildman–Crippen LogP) is 1.39. The Kier molecular flexibility index (Phi) is 4.94. The van der Waals surface area contributed by atoms with Gasteiger partial charge < -0.3 is 5.32 Å². The van der Waals surface area contributed by atoms with Crippen LogP contribution in [0.15, 0.2) is 36.9 Å². The van der Waals surface area contributed by atoms with Gasteiger partial charge in [0, 0.05) is 24.2 Å². The number of hydrogen-bond donors (Lipinski definition) is 2. The number of amides is 1. The maximum Gasteiger partial charge on any atom is 0.270 e. The molecular formula is C11H11N3O3S. The second-order valence-electron chi connectivity index (χ2n) is 3.26. The summed E-state index contributed by atoms with van der Waals surface area (Å²) in [4.78, 5) is 21.7. The molecule has 0 heterocycles. The normalized spacial score (nSPS) is 9.33. The Morgan fingerprint density at radius 2 is 2.28 bits per heavy atom. The topological polar surface area (TPSA) is 84.3 Å². The molecule has 0 aromatic heterocycles. The van der Waals surface area contributed by atoms with Crippen molar-refractivity contribution in [1.29, 1.82) is 0 Å². The third kappa shape index (κ3) is 3.95. The molecule has 1 aromatic carbocycles. The van der Waals surface area contributed by atoms with E-state index in [1.54, 1.807) is 6.08 Å². The molecule has 0 unspecified atom stereocenters. The van der Waals surface area contributed by atoms with Crippen molar-refractivity contribution in [3.63, 3.8) is 0 Å². The first kappa shape index (κ1) is 13.8. The zero-order chi connectivity index (χ0) is 13.5. The molecule has 0 saturated carbocycles. The van der Waals surface area contributed by atoms with Crippen LogP contribution in [0.5, 0.6) is 0 Å². The van der Waals surface area contributed by atoms with Gasteiger partial charge in [0.15, 0.2) is 5.11 Å². The lowest BCUT2D eigenvalue weighted by Gasteiger charge is -2.07. The van der Waals surface area contributed by atoms with Crippen molar-refractivity contribution in [3.8, 4) is 0 Å². The van der Waals surface area contributed by atoms with Gasteiger partial charge in [-0.2, -0.15) is 0 Å². The second-order valence-corrected chi connectivity index (χ2v) is 3.67. The molecule has 0 spiro atoms. The van der Waals surface area contributed by atoms with Crippen molar-refractivity contribution in [2.24, 2.45) is 0 Å². The van der Waals surface area contributed by atoms with E-state index in [1.807, 2.05) is 0 Å². The number of hydrogen-bond acceptors (Lipinski definition) is 4. The first-order valence-corrected chi connectivity index (χ1v) is 5.40. The molecule has 2 N–H and O–H groups in total. The van der Waals surface area contributed by atoms with Gasteiger partial charge in [-0.05, 0) is 18.3 Å². The van der Waals surface area contributed by atoms with Crippen molar-refractivity contribution in [1.82, 2.24) is 10.6 Å². The van der Waals surface area contributed by atoms with Crippen LogP contribution in [0.4, 0.5) is 5.69 Å². The third-order valence-electron chi connectivity index (χ3n) is 1.95. The van der Waals surface area contributed by atoms with Crippen molar-refractivity contribution >= 4 is 28.9 Å². The zero-order valence-electron chi connectivity index (χ0n) is 9.38. The molecule has 0 aliphatic carbocycles. The molecule has 1 aromatic rings. The van der Waals surface area contributed by atoms with E-state index in [1.165, 1.54) is 24.3 Å². The van der Waals surface area contributed by atoms with Crippen LogP contribution in [0.1, 0.15) is 10.4 Å². The van der Waals surface area contributed by atoms with Crippen LogP contribution >= 0.6 is 12.2 Å². The first-order chi connectivity index (χ1) is 8.54. The van der Waals surface area contributed by atoms with Crippen LogP contribution in [-0.2, 0) is 0 Å². The van der Waals surface area contributed by atoms with Crippen LogP contribution in [0, 0.1) is 10.1 Å². The van der Waals surface area contributed by atoms with Crippen molar-refractivity contribution < 1.29 is 9.72 Å². The zero-order valence-corrected chi connectivity index (χ0v) is 10.2. The molecule has 6 nitrogen and oxygen atoms in total. The molecule has 94 valence electrons. The Balaban J connectivity index is 2.72. The maximum absolute atomic E-state index is 11.7. The highest BCUT2D eigenvalue weighted by molar-refractivity contribution is 7.80. The number of nitrogens with one attached hydrogen (secondary N) is 2. The fourth-order valence-electron chi connectivity index (χ4n) is 1.15. The molecule has 0 fully saturated rings. The van der Waals surface area contributed by atoms with Gasteiger partial charge in [-0.1, -0.05) is 12.1 Å². The highest BCUT2D eigenvalue weighted by Crippen LogP contribution is 2.12. The van der Waals surface area contributed by atoms with Crippen LogP contribution in [0.2, 0.25) is 0 Å². The summed E-state index contributed by atoms with van der Waals surface area (Å²) in [7, 11) is 0. The number of benzene rings is 1. The van der Waals surface area contributed by atoms with Crippen LogP contribution < -0.4 is 10.6 Å². The van der Waals surface area contributed by atoms with E-state index < -0.39 is 10.8 Å². The quantitative estimate of drug-likeness (QED) is 0.372. The lowest BCUT2D eigenvalue weighted by Crippen LogP contribution is -2.39. The summed E-state index contributed by atoms with van der Waals surface area (Å²) in [6, 6.07) is 5.40. The van der Waals surface area contributed by atoms with Crippen LogP contribution in [0.25, 0.3) is 0 Å². The Bertz CT molecular complexity index is 502. The largest absolute Gasteiger partial charge is 0.359 e. The number of carbonyl (C=O) groups is 1. The molecule has 0 saturated heterocycles. The summed E-state index contributed by atoms with van der Waals surface area (Å²) in [5.41, 5.74) is 0.0274. The third-order valence-corrected chi connectivity index (χ3v) is 2.20. The van der Waals surface area contributed by atoms with Gasteiger partial charge in [0.05, 0.1) is 4.92 Å². The number of rotatable bonds is 4. The molecule has 0 radical (unpaired) electrons. The van der Waals surface area contributed by atoms with Gasteiger partial charge in [0.25, 0.3) is 11.6 Å². The smallest absolute Gasteiger partial charge is 0.270 e. The van der Waals surface area contributed by atoms with E-state index in [2.05, 4.69) is 17.2 Å². The first-order valence-electron chi connectivity index (χ1n) is 4.99. The van der Waals surface area contributed by atoms with Gasteiger partial charge in [-0.25, -0.2) is 0 Å². The Morgan fingerprint density at radius 3 is 2.89 bits per heavy atom. The van der Waals surface area contributed by atoms with E-state index in [4.69, 9.17) is 12.2 Å². The summed E-state index contributed by atoms with van der Waals surface area (Å²) >= 11 is 4.86. The number of thiocarbonyl (C=S) groups is 1. The molecule has 0 atom stereocenters. The average molecular weight is 265 g/mol. The lowest BCUT2D eigenvalue weighted by molar-refractivity contribution is -0.384. The minimum Gasteiger partial charge on any atom is -0.359 e. The van der Waals surface area contributed by atoms with Crippen molar-refractivity contribution in [3.05, 3.63) is 52.6 Å². The molecule has 1 amide bonds. The molecule has 1 rings (SSSR count). The van der Waals surface area contributed by atoms with Gasteiger partial charge in [-0.3, -0.25) is 20.2 Å². The van der Waals surface area contributed by atoms with Crippen molar-refractivity contribution in [2.75, 3.05) is 6.54 Å². The molecule has 0 bridgehead atoms. The molecule has 7 heteroatoms. The Hall–Kier alpha value is -2.28. The molecular weight excluding hydrogens is 254 g/mol. The Labute approximate surface area is 109 Å². The summed E-state index contributed by atoms with van der Waals surface area (Å²) in [5.74, 6) is -0.500. The summed E-state index contributed by atoms with van der Waals surface area (Å²) < 4.78 is 0. The minimum absolute atomic E-state index is 0.145. The molecule has 0 aliphatic heterocycles.